The lowest BCUT2D eigenvalue weighted by Crippen LogP contribution is -2.47. The third-order valence-corrected chi connectivity index (χ3v) is 3.75. The molecule has 0 radical (unpaired) electrons. The Labute approximate surface area is 131 Å². The molecule has 0 spiro atoms. The van der Waals surface area contributed by atoms with Crippen LogP contribution in [0.4, 0.5) is 8.78 Å². The minimum absolute atomic E-state index is 0. The highest BCUT2D eigenvalue weighted by Crippen LogP contribution is 2.31. The molecule has 6 heteroatoms. The van der Waals surface area contributed by atoms with Gasteiger partial charge in [0.15, 0.2) is 0 Å². The number of hydrogen-bond acceptors (Lipinski definition) is 2. The number of hydrogen-bond donors (Lipinski definition) is 1. The SMILES string of the molecule is Cc1cccc([C@@H](C(F)F)N2CCNCC2)c1C.Cl.Cl. The van der Waals surface area contributed by atoms with Gasteiger partial charge in [-0.1, -0.05) is 18.2 Å². The van der Waals surface area contributed by atoms with Crippen molar-refractivity contribution >= 4 is 24.8 Å². The highest BCUT2D eigenvalue weighted by atomic mass is 35.5. The molecule has 0 saturated carbocycles. The van der Waals surface area contributed by atoms with Crippen LogP contribution in [0.25, 0.3) is 0 Å². The average molecular weight is 327 g/mol. The minimum atomic E-state index is -2.34. The highest BCUT2D eigenvalue weighted by Gasteiger charge is 2.31. The summed E-state index contributed by atoms with van der Waals surface area (Å²) in [5.74, 6) is 0. The fraction of sp³-hybridized carbons (Fsp3) is 0.571. The van der Waals surface area contributed by atoms with Gasteiger partial charge in [-0.25, -0.2) is 8.78 Å². The van der Waals surface area contributed by atoms with Gasteiger partial charge < -0.3 is 5.32 Å². The zero-order valence-electron chi connectivity index (χ0n) is 11.7. The van der Waals surface area contributed by atoms with Crippen molar-refractivity contribution in [2.24, 2.45) is 0 Å². The third-order valence-electron chi connectivity index (χ3n) is 3.75. The standard InChI is InChI=1S/C14H20F2N2.2ClH/c1-10-4-3-5-12(11(10)2)13(14(15)16)18-8-6-17-7-9-18;;/h3-5,13-14,17H,6-9H2,1-2H3;2*1H/t13-;;/m0../s1. The van der Waals surface area contributed by atoms with E-state index in [1.54, 1.807) is 0 Å². The van der Waals surface area contributed by atoms with Crippen molar-refractivity contribution in [2.75, 3.05) is 26.2 Å². The molecule has 0 aromatic heterocycles. The quantitative estimate of drug-likeness (QED) is 0.916. The first-order valence-corrected chi connectivity index (χ1v) is 6.40. The van der Waals surface area contributed by atoms with E-state index in [1.807, 2.05) is 36.9 Å². The van der Waals surface area contributed by atoms with E-state index in [2.05, 4.69) is 5.32 Å². The van der Waals surface area contributed by atoms with E-state index in [9.17, 15) is 8.78 Å². The largest absolute Gasteiger partial charge is 0.314 e. The maximum atomic E-state index is 13.4. The number of aryl methyl sites for hydroxylation is 1. The van der Waals surface area contributed by atoms with Crippen molar-refractivity contribution in [3.8, 4) is 0 Å². The van der Waals surface area contributed by atoms with E-state index in [0.29, 0.717) is 13.1 Å². The molecular formula is C14H22Cl2F2N2. The Morgan fingerprint density at radius 2 is 1.70 bits per heavy atom. The van der Waals surface area contributed by atoms with Crippen molar-refractivity contribution in [1.82, 2.24) is 10.2 Å². The topological polar surface area (TPSA) is 15.3 Å². The Bertz CT molecular complexity index is 410. The fourth-order valence-corrected chi connectivity index (χ4v) is 2.55. The zero-order valence-corrected chi connectivity index (χ0v) is 13.4. The molecule has 1 aromatic carbocycles. The second-order valence-electron chi connectivity index (χ2n) is 4.85. The summed E-state index contributed by atoms with van der Waals surface area (Å²) in [4.78, 5) is 1.89. The predicted molar refractivity (Wildman–Crippen MR) is 83.6 cm³/mol. The average Bonchev–Trinajstić information content (AvgIpc) is 2.36. The van der Waals surface area contributed by atoms with Gasteiger partial charge in [0.05, 0.1) is 6.04 Å². The van der Waals surface area contributed by atoms with Crippen LogP contribution >= 0.6 is 24.8 Å². The first kappa shape index (κ1) is 19.6. The number of rotatable bonds is 3. The molecule has 2 nitrogen and oxygen atoms in total. The molecule has 20 heavy (non-hydrogen) atoms. The molecule has 1 N–H and O–H groups in total. The van der Waals surface area contributed by atoms with Crippen LogP contribution in [-0.4, -0.2) is 37.5 Å². The summed E-state index contributed by atoms with van der Waals surface area (Å²) in [5, 5.41) is 3.20. The molecule has 1 saturated heterocycles. The van der Waals surface area contributed by atoms with Gasteiger partial charge in [-0.3, -0.25) is 4.90 Å². The molecule has 1 aliphatic rings. The summed E-state index contributed by atoms with van der Waals surface area (Å²) < 4.78 is 26.8. The molecule has 0 aliphatic carbocycles. The van der Waals surface area contributed by atoms with Crippen molar-refractivity contribution in [2.45, 2.75) is 26.3 Å². The molecule has 0 bridgehead atoms. The number of alkyl halides is 2. The first-order chi connectivity index (χ1) is 8.61. The second-order valence-corrected chi connectivity index (χ2v) is 4.85. The van der Waals surface area contributed by atoms with E-state index in [-0.39, 0.29) is 24.8 Å². The molecular weight excluding hydrogens is 305 g/mol. The van der Waals surface area contributed by atoms with E-state index < -0.39 is 12.5 Å². The van der Waals surface area contributed by atoms with Crippen molar-refractivity contribution < 1.29 is 8.78 Å². The molecule has 1 fully saturated rings. The number of benzene rings is 1. The second kappa shape index (κ2) is 8.78. The van der Waals surface area contributed by atoms with Crippen molar-refractivity contribution in [3.63, 3.8) is 0 Å². The Morgan fingerprint density at radius 3 is 2.25 bits per heavy atom. The summed E-state index contributed by atoms with van der Waals surface area (Å²) in [6.07, 6.45) is -2.34. The number of piperazine rings is 1. The summed E-state index contributed by atoms with van der Waals surface area (Å²) in [6.45, 7) is 6.84. The summed E-state index contributed by atoms with van der Waals surface area (Å²) >= 11 is 0. The van der Waals surface area contributed by atoms with Gasteiger partial charge in [0, 0.05) is 26.2 Å². The van der Waals surface area contributed by atoms with Crippen molar-refractivity contribution in [3.05, 3.63) is 34.9 Å². The van der Waals surface area contributed by atoms with Crippen molar-refractivity contribution in [1.29, 1.82) is 0 Å². The summed E-state index contributed by atoms with van der Waals surface area (Å²) in [5.41, 5.74) is 2.83. The van der Waals surface area contributed by atoms with Crippen LogP contribution in [0.2, 0.25) is 0 Å². The van der Waals surface area contributed by atoms with Gasteiger partial charge in [0.2, 0.25) is 0 Å². The lowest BCUT2D eigenvalue weighted by atomic mass is 9.96. The number of nitrogens with one attached hydrogen (secondary N) is 1. The van der Waals surface area contributed by atoms with Crippen LogP contribution < -0.4 is 5.32 Å². The Balaban J connectivity index is 0.00000180. The molecule has 116 valence electrons. The Morgan fingerprint density at radius 1 is 1.10 bits per heavy atom. The van der Waals surface area contributed by atoms with Crippen LogP contribution in [0.15, 0.2) is 18.2 Å². The van der Waals surface area contributed by atoms with Gasteiger partial charge in [-0.15, -0.1) is 24.8 Å². The van der Waals surface area contributed by atoms with E-state index in [4.69, 9.17) is 0 Å². The van der Waals surface area contributed by atoms with E-state index >= 15 is 0 Å². The maximum Gasteiger partial charge on any atom is 0.258 e. The highest BCUT2D eigenvalue weighted by molar-refractivity contribution is 5.85. The molecule has 0 unspecified atom stereocenters. The maximum absolute atomic E-state index is 13.4. The Hall–Kier alpha value is -0.420. The lowest BCUT2D eigenvalue weighted by Gasteiger charge is -2.35. The molecule has 1 atom stereocenters. The minimum Gasteiger partial charge on any atom is -0.314 e. The van der Waals surface area contributed by atoms with E-state index in [1.165, 1.54) is 0 Å². The smallest absolute Gasteiger partial charge is 0.258 e. The van der Waals surface area contributed by atoms with Gasteiger partial charge in [-0.2, -0.15) is 0 Å². The molecule has 1 aromatic rings. The van der Waals surface area contributed by atoms with Gasteiger partial charge in [-0.05, 0) is 30.5 Å². The Kier molecular flexibility index (Phi) is 8.59. The lowest BCUT2D eigenvalue weighted by molar-refractivity contribution is 0.0178. The van der Waals surface area contributed by atoms with Gasteiger partial charge in [0.25, 0.3) is 6.43 Å². The van der Waals surface area contributed by atoms with Crippen LogP contribution in [0.5, 0.6) is 0 Å². The van der Waals surface area contributed by atoms with Crippen LogP contribution in [-0.2, 0) is 0 Å². The molecule has 0 amide bonds. The fourth-order valence-electron chi connectivity index (χ4n) is 2.55. The third kappa shape index (κ3) is 4.29. The predicted octanol–water partition coefficient (Wildman–Crippen LogP) is 3.36. The molecule has 2 rings (SSSR count). The van der Waals surface area contributed by atoms with E-state index in [0.717, 1.165) is 29.8 Å². The normalized spacial score (nSPS) is 17.2. The van der Waals surface area contributed by atoms with Gasteiger partial charge in [0.1, 0.15) is 0 Å². The monoisotopic (exact) mass is 326 g/mol. The molecule has 1 heterocycles. The summed E-state index contributed by atoms with van der Waals surface area (Å²) in [6, 6.07) is 4.90. The van der Waals surface area contributed by atoms with Gasteiger partial charge >= 0.3 is 0 Å². The summed E-state index contributed by atoms with van der Waals surface area (Å²) in [7, 11) is 0. The van der Waals surface area contributed by atoms with Crippen LogP contribution in [0.3, 0.4) is 0 Å². The molecule has 1 aliphatic heterocycles. The first-order valence-electron chi connectivity index (χ1n) is 6.40. The van der Waals surface area contributed by atoms with Crippen LogP contribution in [0, 0.1) is 13.8 Å². The number of nitrogens with zero attached hydrogens (tertiary/aromatic N) is 1. The van der Waals surface area contributed by atoms with Crippen LogP contribution in [0.1, 0.15) is 22.7 Å². The zero-order chi connectivity index (χ0) is 13.1. The number of halogens is 4.